The Bertz CT molecular complexity index is 480. The molecule has 0 heterocycles. The van der Waals surface area contributed by atoms with Crippen molar-refractivity contribution in [2.24, 2.45) is 5.41 Å². The van der Waals surface area contributed by atoms with Crippen LogP contribution in [0.4, 0.5) is 0 Å². The van der Waals surface area contributed by atoms with E-state index in [1.165, 1.54) is 7.11 Å². The molecule has 0 fully saturated rings. The van der Waals surface area contributed by atoms with Crippen molar-refractivity contribution in [3.05, 3.63) is 22.7 Å². The molecule has 0 bridgehead atoms. The van der Waals surface area contributed by atoms with Crippen molar-refractivity contribution >= 4 is 11.6 Å². The molecule has 0 aliphatic carbocycles. The summed E-state index contributed by atoms with van der Waals surface area (Å²) in [5.41, 5.74) is 0.219. The van der Waals surface area contributed by atoms with Gasteiger partial charge in [0.25, 0.3) is 0 Å². The van der Waals surface area contributed by atoms with Gasteiger partial charge in [-0.1, -0.05) is 11.6 Å². The van der Waals surface area contributed by atoms with Gasteiger partial charge in [0.15, 0.2) is 11.5 Å². The molecule has 1 N–H and O–H groups in total. The number of hydrogen-bond acceptors (Lipinski definition) is 4. The third-order valence-corrected chi connectivity index (χ3v) is 3.03. The first-order chi connectivity index (χ1) is 8.93. The lowest BCUT2D eigenvalue weighted by atomic mass is 9.92. The Labute approximate surface area is 118 Å². The van der Waals surface area contributed by atoms with Gasteiger partial charge < -0.3 is 14.6 Å². The van der Waals surface area contributed by atoms with Gasteiger partial charge in [0.1, 0.15) is 0 Å². The fourth-order valence-corrected chi connectivity index (χ4v) is 1.76. The van der Waals surface area contributed by atoms with Crippen molar-refractivity contribution in [3.8, 4) is 17.6 Å². The molecule has 0 saturated carbocycles. The topological polar surface area (TPSA) is 62.5 Å². The van der Waals surface area contributed by atoms with Gasteiger partial charge in [-0.25, -0.2) is 0 Å². The highest BCUT2D eigenvalue weighted by molar-refractivity contribution is 6.32. The number of ether oxygens (including phenoxy) is 2. The van der Waals surface area contributed by atoms with E-state index in [9.17, 15) is 0 Å². The molecule has 0 radical (unpaired) electrons. The molecule has 0 amide bonds. The molecule has 1 aromatic carbocycles. The molecular formula is C14H18ClNO3. The number of nitriles is 1. The van der Waals surface area contributed by atoms with Gasteiger partial charge in [-0.2, -0.15) is 5.26 Å². The minimum Gasteiger partial charge on any atom is -0.493 e. The van der Waals surface area contributed by atoms with E-state index < -0.39 is 5.41 Å². The summed E-state index contributed by atoms with van der Waals surface area (Å²) >= 11 is 6.09. The molecule has 0 spiro atoms. The number of methoxy groups -OCH3 is 1. The molecule has 5 heteroatoms. The summed E-state index contributed by atoms with van der Waals surface area (Å²) in [5.74, 6) is 0.918. The van der Waals surface area contributed by atoms with Crippen LogP contribution in [-0.4, -0.2) is 18.8 Å². The van der Waals surface area contributed by atoms with Crippen molar-refractivity contribution in [1.29, 1.82) is 5.26 Å². The molecule has 1 rings (SSSR count). The van der Waals surface area contributed by atoms with E-state index in [1.54, 1.807) is 12.1 Å². The second kappa shape index (κ2) is 6.65. The number of rotatable bonds is 6. The molecule has 0 atom stereocenters. The highest BCUT2D eigenvalue weighted by Crippen LogP contribution is 2.37. The van der Waals surface area contributed by atoms with Gasteiger partial charge in [-0.3, -0.25) is 0 Å². The average molecular weight is 284 g/mol. The van der Waals surface area contributed by atoms with Crippen LogP contribution in [-0.2, 0) is 6.61 Å². The Kier molecular flexibility index (Phi) is 5.46. The number of hydrogen-bond donors (Lipinski definition) is 1. The normalized spacial score (nSPS) is 10.9. The number of aliphatic hydroxyl groups is 1. The van der Waals surface area contributed by atoms with Crippen LogP contribution in [0.15, 0.2) is 12.1 Å². The van der Waals surface area contributed by atoms with E-state index in [1.807, 2.05) is 13.8 Å². The zero-order chi connectivity index (χ0) is 14.5. The van der Waals surface area contributed by atoms with Crippen LogP contribution in [0.2, 0.25) is 5.02 Å². The molecule has 104 valence electrons. The quantitative estimate of drug-likeness (QED) is 0.871. The van der Waals surface area contributed by atoms with Crippen LogP contribution in [0.1, 0.15) is 25.8 Å². The van der Waals surface area contributed by atoms with Crippen LogP contribution < -0.4 is 9.47 Å². The van der Waals surface area contributed by atoms with E-state index in [0.29, 0.717) is 35.1 Å². The highest BCUT2D eigenvalue weighted by atomic mass is 35.5. The predicted octanol–water partition coefficient (Wildman–Crippen LogP) is 3.16. The van der Waals surface area contributed by atoms with Crippen LogP contribution in [0.3, 0.4) is 0 Å². The van der Waals surface area contributed by atoms with E-state index >= 15 is 0 Å². The first-order valence-electron chi connectivity index (χ1n) is 5.95. The van der Waals surface area contributed by atoms with Crippen LogP contribution >= 0.6 is 11.6 Å². The van der Waals surface area contributed by atoms with E-state index in [-0.39, 0.29) is 6.61 Å². The number of halogens is 1. The van der Waals surface area contributed by atoms with E-state index in [4.69, 9.17) is 31.4 Å². The molecule has 0 unspecified atom stereocenters. The van der Waals surface area contributed by atoms with Gasteiger partial charge in [0, 0.05) is 0 Å². The molecular weight excluding hydrogens is 266 g/mol. The lowest BCUT2D eigenvalue weighted by Gasteiger charge is -2.17. The maximum Gasteiger partial charge on any atom is 0.179 e. The molecule has 0 saturated heterocycles. The maximum absolute atomic E-state index is 9.10. The Morgan fingerprint density at radius 2 is 2.11 bits per heavy atom. The van der Waals surface area contributed by atoms with Crippen molar-refractivity contribution in [1.82, 2.24) is 0 Å². The first-order valence-corrected chi connectivity index (χ1v) is 6.32. The highest BCUT2D eigenvalue weighted by Gasteiger charge is 2.18. The van der Waals surface area contributed by atoms with Crippen molar-refractivity contribution in [3.63, 3.8) is 0 Å². The molecule has 4 nitrogen and oxygen atoms in total. The second-order valence-electron chi connectivity index (χ2n) is 4.86. The molecule has 0 aliphatic rings. The zero-order valence-corrected chi connectivity index (χ0v) is 12.1. The van der Waals surface area contributed by atoms with Gasteiger partial charge in [0.2, 0.25) is 0 Å². The minimum absolute atomic E-state index is 0.113. The monoisotopic (exact) mass is 283 g/mol. The van der Waals surface area contributed by atoms with Gasteiger partial charge in [0.05, 0.1) is 36.8 Å². The summed E-state index contributed by atoms with van der Waals surface area (Å²) in [6, 6.07) is 5.52. The lowest BCUT2D eigenvalue weighted by Crippen LogP contribution is -2.13. The number of nitrogens with zero attached hydrogens (tertiary/aromatic N) is 1. The third-order valence-electron chi connectivity index (χ3n) is 2.75. The van der Waals surface area contributed by atoms with Crippen molar-refractivity contribution < 1.29 is 14.6 Å². The summed E-state index contributed by atoms with van der Waals surface area (Å²) in [5, 5.41) is 18.4. The Morgan fingerprint density at radius 3 is 2.63 bits per heavy atom. The largest absolute Gasteiger partial charge is 0.493 e. The van der Waals surface area contributed by atoms with Crippen LogP contribution in [0.25, 0.3) is 0 Å². The summed E-state index contributed by atoms with van der Waals surface area (Å²) < 4.78 is 10.8. The Balaban J connectivity index is 2.81. The first kappa shape index (κ1) is 15.6. The van der Waals surface area contributed by atoms with Crippen molar-refractivity contribution in [2.75, 3.05) is 13.7 Å². The molecule has 0 aliphatic heterocycles. The number of benzene rings is 1. The Hall–Kier alpha value is -1.44. The van der Waals surface area contributed by atoms with E-state index in [0.717, 1.165) is 0 Å². The van der Waals surface area contributed by atoms with Crippen LogP contribution in [0, 0.1) is 16.7 Å². The molecule has 19 heavy (non-hydrogen) atoms. The zero-order valence-electron chi connectivity index (χ0n) is 11.4. The summed E-state index contributed by atoms with van der Waals surface area (Å²) in [6.07, 6.45) is 0.588. The van der Waals surface area contributed by atoms with Gasteiger partial charge in [-0.05, 0) is 38.0 Å². The molecule has 0 aromatic heterocycles. The predicted molar refractivity (Wildman–Crippen MR) is 73.4 cm³/mol. The summed E-state index contributed by atoms with van der Waals surface area (Å²) in [4.78, 5) is 0. The van der Waals surface area contributed by atoms with Crippen LogP contribution in [0.5, 0.6) is 11.5 Å². The number of aliphatic hydroxyl groups excluding tert-OH is 1. The van der Waals surface area contributed by atoms with Crippen molar-refractivity contribution in [2.45, 2.75) is 26.9 Å². The van der Waals surface area contributed by atoms with Gasteiger partial charge >= 0.3 is 0 Å². The fraction of sp³-hybridized carbons (Fsp3) is 0.500. The Morgan fingerprint density at radius 1 is 1.42 bits per heavy atom. The second-order valence-corrected chi connectivity index (χ2v) is 5.27. The summed E-state index contributed by atoms with van der Waals surface area (Å²) in [7, 11) is 1.51. The lowest BCUT2D eigenvalue weighted by molar-refractivity contribution is 0.251. The third kappa shape index (κ3) is 4.30. The van der Waals surface area contributed by atoms with Gasteiger partial charge in [-0.15, -0.1) is 0 Å². The standard InChI is InChI=1S/C14H18ClNO3/c1-14(2,9-16)4-5-19-13-11(15)6-10(8-17)7-12(13)18-3/h6-7,17H,4-5,8H2,1-3H3. The minimum atomic E-state index is -0.440. The van der Waals surface area contributed by atoms with E-state index in [2.05, 4.69) is 6.07 Å². The maximum atomic E-state index is 9.10. The average Bonchev–Trinajstić information content (AvgIpc) is 2.39. The smallest absolute Gasteiger partial charge is 0.179 e. The SMILES string of the molecule is COc1cc(CO)cc(Cl)c1OCCC(C)(C)C#N. The molecule has 1 aromatic rings. The fourth-order valence-electron chi connectivity index (χ4n) is 1.47. The summed E-state index contributed by atoms with van der Waals surface area (Å²) in [6.45, 7) is 3.96.